The van der Waals surface area contributed by atoms with E-state index in [9.17, 15) is 8.42 Å². The van der Waals surface area contributed by atoms with Crippen molar-refractivity contribution in [2.45, 2.75) is 38.0 Å². The molecule has 8 nitrogen and oxygen atoms in total. The van der Waals surface area contributed by atoms with Crippen LogP contribution in [0, 0.1) is 0 Å². The van der Waals surface area contributed by atoms with Crippen molar-refractivity contribution in [2.75, 3.05) is 35.6 Å². The van der Waals surface area contributed by atoms with Crippen molar-refractivity contribution in [1.29, 1.82) is 0 Å². The van der Waals surface area contributed by atoms with Crippen molar-refractivity contribution < 1.29 is 21.9 Å². The van der Waals surface area contributed by atoms with Gasteiger partial charge in [-0.2, -0.15) is 16.8 Å². The van der Waals surface area contributed by atoms with Crippen molar-refractivity contribution in [1.82, 2.24) is 0 Å². The molecule has 1 aromatic rings. The predicted octanol–water partition coefficient (Wildman–Crippen LogP) is 1.39. The van der Waals surface area contributed by atoms with Crippen LogP contribution in [0.2, 0.25) is 0 Å². The standard InChI is InChI=1S/C15H23N3O5S/c16-13-11-12(17-8-4-10-19)5-6-14(13)18-9-3-1-2-7-15(18)22-24(20,21)23-15/h5-6,11,17,19H,1-4,7-10,16H2. The highest BCUT2D eigenvalue weighted by Crippen LogP contribution is 2.44. The average Bonchev–Trinajstić information content (AvgIpc) is 2.70. The maximum atomic E-state index is 11.4. The molecule has 3 rings (SSSR count). The summed E-state index contributed by atoms with van der Waals surface area (Å²) < 4.78 is 33.1. The maximum absolute atomic E-state index is 11.4. The van der Waals surface area contributed by atoms with Crippen molar-refractivity contribution in [3.8, 4) is 0 Å². The predicted molar refractivity (Wildman–Crippen MR) is 90.7 cm³/mol. The minimum atomic E-state index is -3.90. The topological polar surface area (TPSA) is 114 Å². The molecular formula is C15H23N3O5S. The minimum Gasteiger partial charge on any atom is -0.397 e. The third-order valence-corrected chi connectivity index (χ3v) is 5.16. The first-order valence-electron chi connectivity index (χ1n) is 8.14. The van der Waals surface area contributed by atoms with Crippen LogP contribution >= 0.6 is 0 Å². The Kier molecular flexibility index (Phi) is 4.86. The molecule has 0 radical (unpaired) electrons. The van der Waals surface area contributed by atoms with Gasteiger partial charge in [-0.1, -0.05) is 6.42 Å². The molecule has 0 aromatic heterocycles. The van der Waals surface area contributed by atoms with E-state index in [0.29, 0.717) is 37.3 Å². The van der Waals surface area contributed by atoms with Crippen LogP contribution in [0.15, 0.2) is 18.2 Å². The summed E-state index contributed by atoms with van der Waals surface area (Å²) in [4.78, 5) is 1.80. The van der Waals surface area contributed by atoms with E-state index in [1.165, 1.54) is 0 Å². The number of nitrogens with zero attached hydrogens (tertiary/aromatic N) is 1. The van der Waals surface area contributed by atoms with Crippen LogP contribution in [0.3, 0.4) is 0 Å². The van der Waals surface area contributed by atoms with Gasteiger partial charge >= 0.3 is 10.4 Å². The summed E-state index contributed by atoms with van der Waals surface area (Å²) in [6.45, 7) is 1.38. The molecule has 2 fully saturated rings. The van der Waals surface area contributed by atoms with Gasteiger partial charge < -0.3 is 21.1 Å². The Morgan fingerprint density at radius 1 is 1.29 bits per heavy atom. The van der Waals surface area contributed by atoms with Crippen LogP contribution < -0.4 is 16.0 Å². The summed E-state index contributed by atoms with van der Waals surface area (Å²) in [5, 5.41) is 12.0. The van der Waals surface area contributed by atoms with Crippen LogP contribution in [-0.4, -0.2) is 39.1 Å². The lowest BCUT2D eigenvalue weighted by Gasteiger charge is -2.46. The second kappa shape index (κ2) is 6.75. The molecule has 9 heteroatoms. The second-order valence-electron chi connectivity index (χ2n) is 6.03. The number of nitrogens with one attached hydrogen (secondary N) is 1. The summed E-state index contributed by atoms with van der Waals surface area (Å²) in [6, 6.07) is 5.49. The summed E-state index contributed by atoms with van der Waals surface area (Å²) >= 11 is 0. The number of nitrogen functional groups attached to an aromatic ring is 1. The number of aliphatic hydroxyl groups excluding tert-OH is 1. The molecule has 0 unspecified atom stereocenters. The van der Waals surface area contributed by atoms with Gasteiger partial charge in [-0.05, 0) is 37.5 Å². The van der Waals surface area contributed by atoms with Gasteiger partial charge in [0, 0.05) is 31.8 Å². The Morgan fingerprint density at radius 3 is 2.75 bits per heavy atom. The van der Waals surface area contributed by atoms with E-state index >= 15 is 0 Å². The van der Waals surface area contributed by atoms with E-state index in [0.717, 1.165) is 24.9 Å². The third-order valence-electron chi connectivity index (χ3n) is 4.23. The molecule has 2 aliphatic rings. The van der Waals surface area contributed by atoms with Gasteiger partial charge in [-0.15, -0.1) is 0 Å². The fourth-order valence-electron chi connectivity index (χ4n) is 3.12. The van der Waals surface area contributed by atoms with Gasteiger partial charge in [-0.3, -0.25) is 0 Å². The van der Waals surface area contributed by atoms with Crippen LogP contribution in [0.5, 0.6) is 0 Å². The first-order chi connectivity index (χ1) is 11.5. The van der Waals surface area contributed by atoms with Crippen molar-refractivity contribution in [3.05, 3.63) is 18.2 Å². The Morgan fingerprint density at radius 2 is 2.08 bits per heavy atom. The van der Waals surface area contributed by atoms with E-state index in [4.69, 9.17) is 19.2 Å². The SMILES string of the molecule is Nc1cc(NCCCO)ccc1N1CCCCCC12OS(=O)(=O)O2. The van der Waals surface area contributed by atoms with Gasteiger partial charge in [-0.25, -0.2) is 0 Å². The Bertz CT molecular complexity index is 682. The highest BCUT2D eigenvalue weighted by atomic mass is 32.3. The van der Waals surface area contributed by atoms with E-state index in [1.54, 1.807) is 11.0 Å². The van der Waals surface area contributed by atoms with E-state index < -0.39 is 16.3 Å². The monoisotopic (exact) mass is 357 g/mol. The highest BCUT2D eigenvalue weighted by molar-refractivity contribution is 7.82. The number of hydrogen-bond acceptors (Lipinski definition) is 8. The normalized spacial score (nSPS) is 22.0. The number of aliphatic hydroxyl groups is 1. The molecule has 0 saturated carbocycles. The fourth-order valence-corrected chi connectivity index (χ4v) is 4.12. The quantitative estimate of drug-likeness (QED) is 0.535. The second-order valence-corrected chi connectivity index (χ2v) is 7.18. The molecule has 2 aliphatic heterocycles. The number of hydrogen-bond donors (Lipinski definition) is 3. The van der Waals surface area contributed by atoms with Gasteiger partial charge in [0.05, 0.1) is 11.4 Å². The Labute approximate surface area is 141 Å². The van der Waals surface area contributed by atoms with Crippen LogP contribution in [0.1, 0.15) is 32.1 Å². The lowest BCUT2D eigenvalue weighted by molar-refractivity contribution is -0.189. The van der Waals surface area contributed by atoms with Gasteiger partial charge in [0.25, 0.3) is 5.91 Å². The highest BCUT2D eigenvalue weighted by Gasteiger charge is 2.57. The molecular weight excluding hydrogens is 334 g/mol. The van der Waals surface area contributed by atoms with Crippen LogP contribution in [0.4, 0.5) is 17.1 Å². The zero-order valence-electron chi connectivity index (χ0n) is 13.4. The maximum Gasteiger partial charge on any atom is 0.408 e. The molecule has 0 aliphatic carbocycles. The van der Waals surface area contributed by atoms with Gasteiger partial charge in [0.2, 0.25) is 0 Å². The third kappa shape index (κ3) is 3.44. The van der Waals surface area contributed by atoms with Crippen molar-refractivity contribution in [2.24, 2.45) is 0 Å². The number of benzene rings is 1. The smallest absolute Gasteiger partial charge is 0.397 e. The molecule has 0 amide bonds. The number of nitrogens with two attached hydrogens (primary N) is 1. The molecule has 2 heterocycles. The van der Waals surface area contributed by atoms with Gasteiger partial charge in [0.15, 0.2) is 0 Å². The Balaban J connectivity index is 1.83. The molecule has 134 valence electrons. The first-order valence-corrected chi connectivity index (χ1v) is 9.47. The first kappa shape index (κ1) is 17.3. The summed E-state index contributed by atoms with van der Waals surface area (Å²) in [5.41, 5.74) is 8.24. The summed E-state index contributed by atoms with van der Waals surface area (Å²) in [6.07, 6.45) is 3.83. The van der Waals surface area contributed by atoms with Gasteiger partial charge in [0.1, 0.15) is 0 Å². The van der Waals surface area contributed by atoms with Crippen molar-refractivity contribution >= 4 is 27.5 Å². The Hall–Kier alpha value is -1.55. The zero-order chi connectivity index (χ0) is 17.2. The lowest BCUT2D eigenvalue weighted by Crippen LogP contribution is -2.62. The molecule has 1 aromatic carbocycles. The number of rotatable bonds is 5. The molecule has 0 atom stereocenters. The summed E-state index contributed by atoms with van der Waals surface area (Å²) in [5.74, 6) is -1.27. The van der Waals surface area contributed by atoms with E-state index in [2.05, 4.69) is 5.32 Å². The molecule has 24 heavy (non-hydrogen) atoms. The molecule has 0 bridgehead atoms. The molecule has 1 spiro atoms. The minimum absolute atomic E-state index is 0.125. The largest absolute Gasteiger partial charge is 0.408 e. The molecule has 2 saturated heterocycles. The lowest BCUT2D eigenvalue weighted by atomic mass is 10.1. The van der Waals surface area contributed by atoms with Crippen LogP contribution in [0.25, 0.3) is 0 Å². The molecule has 4 N–H and O–H groups in total. The van der Waals surface area contributed by atoms with Crippen molar-refractivity contribution in [3.63, 3.8) is 0 Å². The number of anilines is 3. The zero-order valence-corrected chi connectivity index (χ0v) is 14.2. The van der Waals surface area contributed by atoms with E-state index in [1.807, 2.05) is 12.1 Å². The van der Waals surface area contributed by atoms with E-state index in [-0.39, 0.29) is 6.61 Å². The fraction of sp³-hybridized carbons (Fsp3) is 0.600. The van der Waals surface area contributed by atoms with Crippen LogP contribution in [-0.2, 0) is 18.8 Å². The summed E-state index contributed by atoms with van der Waals surface area (Å²) in [7, 11) is -3.90. The average molecular weight is 357 g/mol.